The lowest BCUT2D eigenvalue weighted by molar-refractivity contribution is 0.00207. The average Bonchev–Trinajstić information content (AvgIpc) is 2.61. The van der Waals surface area contributed by atoms with Gasteiger partial charge in [0, 0.05) is 39.5 Å². The number of hydrogen-bond acceptors (Lipinski definition) is 5. The van der Waals surface area contributed by atoms with E-state index in [-0.39, 0.29) is 11.9 Å². The van der Waals surface area contributed by atoms with Gasteiger partial charge >= 0.3 is 0 Å². The van der Waals surface area contributed by atoms with Gasteiger partial charge in [-0.15, -0.1) is 0 Å². The van der Waals surface area contributed by atoms with Crippen molar-refractivity contribution in [1.82, 2.24) is 19.8 Å². The van der Waals surface area contributed by atoms with Crippen LogP contribution in [0.15, 0.2) is 6.20 Å². The summed E-state index contributed by atoms with van der Waals surface area (Å²) in [6.45, 7) is 4.72. The molecule has 0 bridgehead atoms. The van der Waals surface area contributed by atoms with Crippen LogP contribution in [0.25, 0.3) is 0 Å². The van der Waals surface area contributed by atoms with Crippen molar-refractivity contribution in [2.75, 3.05) is 33.9 Å². The molecule has 3 heterocycles. The smallest absolute Gasteiger partial charge is 0.256 e. The van der Waals surface area contributed by atoms with E-state index in [9.17, 15) is 4.79 Å². The average molecular weight is 332 g/mol. The van der Waals surface area contributed by atoms with Crippen LogP contribution >= 0.6 is 0 Å². The molecule has 2 saturated heterocycles. The topological polar surface area (TPSA) is 58.6 Å². The molecule has 1 aromatic rings. The Hall–Kier alpha value is -1.53. The van der Waals surface area contributed by atoms with Gasteiger partial charge in [0.15, 0.2) is 0 Å². The highest BCUT2D eigenvalue weighted by Gasteiger charge is 2.33. The first-order valence-electron chi connectivity index (χ1n) is 8.96. The molecule has 3 rings (SSSR count). The molecule has 0 radical (unpaired) electrons. The third kappa shape index (κ3) is 3.59. The maximum absolute atomic E-state index is 12.2. The lowest BCUT2D eigenvalue weighted by Crippen LogP contribution is -2.44. The molecule has 2 aliphatic heterocycles. The number of carbonyl (C=O) groups is 1. The van der Waals surface area contributed by atoms with E-state index in [1.807, 2.05) is 6.92 Å². The fourth-order valence-electron chi connectivity index (χ4n) is 3.78. The summed E-state index contributed by atoms with van der Waals surface area (Å²) >= 11 is 0. The Balaban J connectivity index is 1.82. The molecule has 1 atom stereocenters. The van der Waals surface area contributed by atoms with Crippen LogP contribution < -0.4 is 0 Å². The lowest BCUT2D eigenvalue weighted by atomic mass is 9.96. The Morgan fingerprint density at radius 2 is 2.00 bits per heavy atom. The van der Waals surface area contributed by atoms with E-state index in [4.69, 9.17) is 9.72 Å². The van der Waals surface area contributed by atoms with Crippen LogP contribution in [-0.4, -0.2) is 65.6 Å². The van der Waals surface area contributed by atoms with E-state index in [1.165, 1.54) is 12.8 Å². The first-order valence-corrected chi connectivity index (χ1v) is 8.96. The Kier molecular flexibility index (Phi) is 5.46. The summed E-state index contributed by atoms with van der Waals surface area (Å²) in [5, 5.41) is 0. The fourth-order valence-corrected chi connectivity index (χ4v) is 3.78. The number of nitrogens with zero attached hydrogens (tertiary/aromatic N) is 4. The molecular weight excluding hydrogens is 304 g/mol. The van der Waals surface area contributed by atoms with Gasteiger partial charge in [-0.1, -0.05) is 6.42 Å². The number of rotatable bonds is 3. The van der Waals surface area contributed by atoms with E-state index in [1.54, 1.807) is 25.2 Å². The molecule has 6 heteroatoms. The highest BCUT2D eigenvalue weighted by Crippen LogP contribution is 2.33. The minimum atomic E-state index is -0.0380. The second-order valence-electron chi connectivity index (χ2n) is 7.02. The van der Waals surface area contributed by atoms with Crippen LogP contribution in [0.5, 0.6) is 0 Å². The van der Waals surface area contributed by atoms with Gasteiger partial charge in [0.1, 0.15) is 5.82 Å². The van der Waals surface area contributed by atoms with Crippen molar-refractivity contribution in [3.63, 3.8) is 0 Å². The summed E-state index contributed by atoms with van der Waals surface area (Å²) < 4.78 is 5.52. The summed E-state index contributed by atoms with van der Waals surface area (Å²) in [7, 11) is 3.51. The van der Waals surface area contributed by atoms with Gasteiger partial charge < -0.3 is 9.64 Å². The molecule has 1 aromatic heterocycles. The predicted octanol–water partition coefficient (Wildman–Crippen LogP) is 2.19. The molecule has 0 saturated carbocycles. The van der Waals surface area contributed by atoms with Gasteiger partial charge in [-0.25, -0.2) is 9.97 Å². The molecular formula is C18H28N4O2. The second kappa shape index (κ2) is 7.57. The number of aromatic nitrogens is 2. The van der Waals surface area contributed by atoms with Crippen molar-refractivity contribution < 1.29 is 9.53 Å². The van der Waals surface area contributed by atoms with Gasteiger partial charge in [-0.2, -0.15) is 0 Å². The highest BCUT2D eigenvalue weighted by molar-refractivity contribution is 5.94. The molecule has 0 N–H and O–H groups in total. The van der Waals surface area contributed by atoms with E-state index in [0.717, 1.165) is 50.5 Å². The Morgan fingerprint density at radius 3 is 2.67 bits per heavy atom. The predicted molar refractivity (Wildman–Crippen MR) is 91.9 cm³/mol. The summed E-state index contributed by atoms with van der Waals surface area (Å²) in [5.74, 6) is 0.831. The standard InChI is InChI=1S/C18H28N4O2/c1-13-15(18(23)21(2)3)12-19-17(20-13)16-6-4-5-9-22(16)14-7-10-24-11-8-14/h12,14,16H,4-11H2,1-3H3/t16-/m0/s1. The molecule has 132 valence electrons. The van der Waals surface area contributed by atoms with E-state index in [0.29, 0.717) is 11.6 Å². The van der Waals surface area contributed by atoms with Crippen LogP contribution in [0, 0.1) is 6.92 Å². The van der Waals surface area contributed by atoms with Crippen LogP contribution in [-0.2, 0) is 4.74 Å². The van der Waals surface area contributed by atoms with Gasteiger partial charge in [0.2, 0.25) is 0 Å². The van der Waals surface area contributed by atoms with Crippen molar-refractivity contribution in [2.24, 2.45) is 0 Å². The largest absolute Gasteiger partial charge is 0.381 e. The van der Waals surface area contributed by atoms with Crippen molar-refractivity contribution in [2.45, 2.75) is 51.1 Å². The number of aryl methyl sites for hydroxylation is 1. The Bertz CT molecular complexity index is 584. The van der Waals surface area contributed by atoms with Crippen molar-refractivity contribution in [3.8, 4) is 0 Å². The maximum Gasteiger partial charge on any atom is 0.256 e. The van der Waals surface area contributed by atoms with Crippen molar-refractivity contribution >= 4 is 5.91 Å². The lowest BCUT2D eigenvalue weighted by Gasteiger charge is -2.42. The SMILES string of the molecule is Cc1nc([C@@H]2CCCCN2C2CCOCC2)ncc1C(=O)N(C)C. The number of piperidine rings is 1. The van der Waals surface area contributed by atoms with E-state index < -0.39 is 0 Å². The molecule has 0 unspecified atom stereocenters. The molecule has 0 aliphatic carbocycles. The second-order valence-corrected chi connectivity index (χ2v) is 7.02. The number of amides is 1. The summed E-state index contributed by atoms with van der Waals surface area (Å²) in [5.41, 5.74) is 1.37. The highest BCUT2D eigenvalue weighted by atomic mass is 16.5. The van der Waals surface area contributed by atoms with Crippen LogP contribution in [0.3, 0.4) is 0 Å². The summed E-state index contributed by atoms with van der Waals surface area (Å²) in [4.78, 5) is 25.6. The minimum absolute atomic E-state index is 0.0380. The molecule has 2 fully saturated rings. The first kappa shape index (κ1) is 17.3. The zero-order valence-corrected chi connectivity index (χ0v) is 15.0. The third-order valence-corrected chi connectivity index (χ3v) is 5.14. The van der Waals surface area contributed by atoms with E-state index >= 15 is 0 Å². The minimum Gasteiger partial charge on any atom is -0.381 e. The Labute approximate surface area is 144 Å². The van der Waals surface area contributed by atoms with Crippen LogP contribution in [0.4, 0.5) is 0 Å². The van der Waals surface area contributed by atoms with E-state index in [2.05, 4.69) is 9.88 Å². The molecule has 6 nitrogen and oxygen atoms in total. The summed E-state index contributed by atoms with van der Waals surface area (Å²) in [6.07, 6.45) is 7.43. The zero-order valence-electron chi connectivity index (χ0n) is 15.0. The Morgan fingerprint density at radius 1 is 1.25 bits per heavy atom. The third-order valence-electron chi connectivity index (χ3n) is 5.14. The van der Waals surface area contributed by atoms with Crippen molar-refractivity contribution in [3.05, 3.63) is 23.3 Å². The maximum atomic E-state index is 12.2. The summed E-state index contributed by atoms with van der Waals surface area (Å²) in [6, 6.07) is 0.833. The van der Waals surface area contributed by atoms with Gasteiger partial charge in [-0.05, 0) is 39.2 Å². The number of likely N-dealkylation sites (tertiary alicyclic amines) is 1. The van der Waals surface area contributed by atoms with Crippen LogP contribution in [0.2, 0.25) is 0 Å². The van der Waals surface area contributed by atoms with Gasteiger partial charge in [-0.3, -0.25) is 9.69 Å². The van der Waals surface area contributed by atoms with Crippen LogP contribution in [0.1, 0.15) is 60.0 Å². The first-order chi connectivity index (χ1) is 11.6. The van der Waals surface area contributed by atoms with Crippen molar-refractivity contribution in [1.29, 1.82) is 0 Å². The molecule has 0 spiro atoms. The fraction of sp³-hybridized carbons (Fsp3) is 0.722. The number of carbonyl (C=O) groups excluding carboxylic acids is 1. The monoisotopic (exact) mass is 332 g/mol. The molecule has 1 amide bonds. The zero-order chi connectivity index (χ0) is 17.1. The molecule has 2 aliphatic rings. The molecule has 0 aromatic carbocycles. The number of hydrogen-bond donors (Lipinski definition) is 0. The quantitative estimate of drug-likeness (QED) is 0.849. The number of ether oxygens (including phenoxy) is 1. The van der Waals surface area contributed by atoms with Gasteiger partial charge in [0.05, 0.1) is 17.3 Å². The molecule has 24 heavy (non-hydrogen) atoms. The normalized spacial score (nSPS) is 23.2. The van der Waals surface area contributed by atoms with Gasteiger partial charge in [0.25, 0.3) is 5.91 Å².